The molecule has 0 radical (unpaired) electrons. The Morgan fingerprint density at radius 1 is 0.333 bits per heavy atom. The SMILES string of the molecule is Cc1ccc2cc(Br)ccc2c1-c1c(C)ccc2cc(Br)ccc12.Oc1ccc2cc(Br)ccc2c1-c1c(O)ccc2cc(Br)ccc12. The van der Waals surface area contributed by atoms with Gasteiger partial charge in [0.05, 0.1) is 0 Å². The minimum Gasteiger partial charge on any atom is -0.507 e. The number of phenols is 2. The third-order valence-corrected chi connectivity index (χ3v) is 10.8. The summed E-state index contributed by atoms with van der Waals surface area (Å²) in [6.07, 6.45) is 0. The van der Waals surface area contributed by atoms with Crippen molar-refractivity contribution in [3.63, 3.8) is 0 Å². The largest absolute Gasteiger partial charge is 0.507 e. The van der Waals surface area contributed by atoms with E-state index in [0.29, 0.717) is 11.1 Å². The molecule has 8 aromatic rings. The summed E-state index contributed by atoms with van der Waals surface area (Å²) in [5, 5.41) is 30.0. The fourth-order valence-electron chi connectivity index (χ4n) is 6.59. The lowest BCUT2D eigenvalue weighted by Crippen LogP contribution is -1.91. The van der Waals surface area contributed by atoms with Gasteiger partial charge in [-0.05, 0) is 140 Å². The van der Waals surface area contributed by atoms with Gasteiger partial charge < -0.3 is 10.2 Å². The van der Waals surface area contributed by atoms with E-state index < -0.39 is 0 Å². The highest BCUT2D eigenvalue weighted by Crippen LogP contribution is 2.45. The molecule has 0 unspecified atom stereocenters. The second-order valence-electron chi connectivity index (χ2n) is 11.9. The third kappa shape index (κ3) is 6.16. The van der Waals surface area contributed by atoms with E-state index in [4.69, 9.17) is 0 Å². The molecule has 0 aliphatic carbocycles. The number of benzene rings is 8. The van der Waals surface area contributed by atoms with Crippen molar-refractivity contribution in [3.8, 4) is 33.8 Å². The first-order chi connectivity index (χ1) is 23.1. The van der Waals surface area contributed by atoms with Crippen LogP contribution >= 0.6 is 63.7 Å². The van der Waals surface area contributed by atoms with Gasteiger partial charge in [-0.3, -0.25) is 0 Å². The van der Waals surface area contributed by atoms with Crippen LogP contribution in [0.3, 0.4) is 0 Å². The Kier molecular flexibility index (Phi) is 9.12. The van der Waals surface area contributed by atoms with E-state index in [9.17, 15) is 10.2 Å². The first-order valence-electron chi connectivity index (χ1n) is 15.3. The van der Waals surface area contributed by atoms with Crippen LogP contribution in [0.4, 0.5) is 0 Å². The van der Waals surface area contributed by atoms with E-state index in [1.807, 2.05) is 48.5 Å². The van der Waals surface area contributed by atoms with Gasteiger partial charge in [0, 0.05) is 29.0 Å². The van der Waals surface area contributed by atoms with Crippen LogP contribution in [-0.2, 0) is 0 Å². The Morgan fingerprint density at radius 3 is 0.917 bits per heavy atom. The van der Waals surface area contributed by atoms with Crippen LogP contribution in [0.15, 0.2) is 139 Å². The fraction of sp³-hybridized carbons (Fsp3) is 0.0476. The molecule has 0 amide bonds. The molecule has 2 N–H and O–H groups in total. The number of aryl methyl sites for hydroxylation is 2. The number of hydrogen-bond acceptors (Lipinski definition) is 2. The molecule has 0 bridgehead atoms. The Labute approximate surface area is 312 Å². The number of halogens is 4. The van der Waals surface area contributed by atoms with Crippen molar-refractivity contribution in [1.82, 2.24) is 0 Å². The summed E-state index contributed by atoms with van der Waals surface area (Å²) in [5.74, 6) is 0.297. The molecular formula is C42H28Br4O2. The highest BCUT2D eigenvalue weighted by atomic mass is 79.9. The van der Waals surface area contributed by atoms with Gasteiger partial charge in [0.2, 0.25) is 0 Å². The van der Waals surface area contributed by atoms with E-state index in [0.717, 1.165) is 39.4 Å². The first-order valence-corrected chi connectivity index (χ1v) is 18.5. The van der Waals surface area contributed by atoms with Gasteiger partial charge in [-0.25, -0.2) is 0 Å². The summed E-state index contributed by atoms with van der Waals surface area (Å²) in [6.45, 7) is 4.40. The predicted octanol–water partition coefficient (Wildman–Crippen LogP) is 14.4. The lowest BCUT2D eigenvalue weighted by Gasteiger charge is -2.16. The molecule has 8 aromatic carbocycles. The molecule has 0 saturated carbocycles. The molecule has 0 saturated heterocycles. The lowest BCUT2D eigenvalue weighted by molar-refractivity contribution is 0.470. The predicted molar refractivity (Wildman–Crippen MR) is 217 cm³/mol. The van der Waals surface area contributed by atoms with Crippen molar-refractivity contribution in [2.75, 3.05) is 0 Å². The van der Waals surface area contributed by atoms with Crippen molar-refractivity contribution in [3.05, 3.63) is 150 Å². The Morgan fingerprint density at radius 2 is 0.604 bits per heavy atom. The van der Waals surface area contributed by atoms with Gasteiger partial charge in [0.15, 0.2) is 0 Å². The normalized spacial score (nSPS) is 11.3. The molecule has 6 heteroatoms. The van der Waals surface area contributed by atoms with Crippen molar-refractivity contribution in [1.29, 1.82) is 0 Å². The van der Waals surface area contributed by atoms with E-state index >= 15 is 0 Å². The van der Waals surface area contributed by atoms with Crippen LogP contribution in [0.2, 0.25) is 0 Å². The number of fused-ring (bicyclic) bond motifs is 4. The second kappa shape index (κ2) is 13.3. The lowest BCUT2D eigenvalue weighted by atomic mass is 9.88. The van der Waals surface area contributed by atoms with E-state index in [1.54, 1.807) is 12.1 Å². The average Bonchev–Trinajstić information content (AvgIpc) is 3.06. The average molecular weight is 884 g/mol. The van der Waals surface area contributed by atoms with Crippen LogP contribution in [0.25, 0.3) is 65.3 Å². The maximum absolute atomic E-state index is 10.5. The van der Waals surface area contributed by atoms with E-state index in [1.165, 1.54) is 43.8 Å². The zero-order valence-corrected chi connectivity index (χ0v) is 32.3. The molecule has 2 nitrogen and oxygen atoms in total. The van der Waals surface area contributed by atoms with Crippen LogP contribution in [0.1, 0.15) is 11.1 Å². The molecule has 0 heterocycles. The quantitative estimate of drug-likeness (QED) is 0.182. The zero-order valence-electron chi connectivity index (χ0n) is 26.0. The van der Waals surface area contributed by atoms with Gasteiger partial charge >= 0.3 is 0 Å². The fourth-order valence-corrected chi connectivity index (χ4v) is 8.10. The van der Waals surface area contributed by atoms with E-state index in [-0.39, 0.29) is 11.5 Å². The summed E-state index contributed by atoms with van der Waals surface area (Å²) in [6, 6.07) is 40.8. The monoisotopic (exact) mass is 880 g/mol. The maximum atomic E-state index is 10.5. The van der Waals surface area contributed by atoms with Gasteiger partial charge in [-0.15, -0.1) is 0 Å². The molecule has 0 aromatic heterocycles. The van der Waals surface area contributed by atoms with Gasteiger partial charge in [0.1, 0.15) is 11.5 Å². The number of aromatic hydroxyl groups is 2. The van der Waals surface area contributed by atoms with Gasteiger partial charge in [-0.1, -0.05) is 124 Å². The molecule has 0 fully saturated rings. The standard InChI is InChI=1S/C22H16Br2.C20H12Br2O2/c1-13-3-5-15-11-17(23)7-9-19(15)21(13)22-14(2)4-6-16-12-18(24)8-10-20(16)22;21-13-3-5-15-11(9-13)1-7-17(23)19(15)20-16-6-4-14(22)10-12(16)2-8-18(20)24/h3-12H,1-2H3;1-10,23-24H. The Bertz CT molecular complexity index is 2200. The summed E-state index contributed by atoms with van der Waals surface area (Å²) < 4.78 is 4.17. The van der Waals surface area contributed by atoms with Crippen molar-refractivity contribution in [2.24, 2.45) is 0 Å². The molecule has 0 aliphatic rings. The smallest absolute Gasteiger partial charge is 0.124 e. The van der Waals surface area contributed by atoms with Crippen molar-refractivity contribution < 1.29 is 10.2 Å². The summed E-state index contributed by atoms with van der Waals surface area (Å²) >= 11 is 14.1. The summed E-state index contributed by atoms with van der Waals surface area (Å²) in [7, 11) is 0. The topological polar surface area (TPSA) is 40.5 Å². The Balaban J connectivity index is 0.000000152. The maximum Gasteiger partial charge on any atom is 0.124 e. The van der Waals surface area contributed by atoms with Gasteiger partial charge in [0.25, 0.3) is 0 Å². The molecule has 48 heavy (non-hydrogen) atoms. The number of rotatable bonds is 2. The minimum atomic E-state index is 0.149. The summed E-state index contributed by atoms with van der Waals surface area (Å²) in [4.78, 5) is 0. The van der Waals surface area contributed by atoms with Crippen LogP contribution < -0.4 is 0 Å². The molecule has 236 valence electrons. The number of hydrogen-bond donors (Lipinski definition) is 2. The molecular weight excluding hydrogens is 856 g/mol. The van der Waals surface area contributed by atoms with Crippen LogP contribution in [0.5, 0.6) is 11.5 Å². The van der Waals surface area contributed by atoms with Gasteiger partial charge in [-0.2, -0.15) is 0 Å². The number of phenolic OH excluding ortho intramolecular Hbond substituents is 2. The van der Waals surface area contributed by atoms with Crippen LogP contribution in [-0.4, -0.2) is 10.2 Å². The molecule has 0 atom stereocenters. The molecule has 0 spiro atoms. The highest BCUT2D eigenvalue weighted by molar-refractivity contribution is 9.11. The highest BCUT2D eigenvalue weighted by Gasteiger charge is 2.17. The molecule has 8 rings (SSSR count). The Hall–Kier alpha value is -3.68. The van der Waals surface area contributed by atoms with Crippen LogP contribution in [0, 0.1) is 13.8 Å². The first kappa shape index (κ1) is 32.8. The minimum absolute atomic E-state index is 0.149. The second-order valence-corrected chi connectivity index (χ2v) is 15.6. The third-order valence-electron chi connectivity index (χ3n) is 8.80. The van der Waals surface area contributed by atoms with Crippen molar-refractivity contribution in [2.45, 2.75) is 13.8 Å². The zero-order chi connectivity index (χ0) is 33.7. The molecule has 0 aliphatic heterocycles. The summed E-state index contributed by atoms with van der Waals surface area (Å²) in [5.41, 5.74) is 6.58. The van der Waals surface area contributed by atoms with E-state index in [2.05, 4.69) is 138 Å². The van der Waals surface area contributed by atoms with Crippen molar-refractivity contribution >= 4 is 107 Å².